The molecule has 1 aromatic rings. The van der Waals surface area contributed by atoms with Gasteiger partial charge >= 0.3 is 0 Å². The number of hydrogen-bond donors (Lipinski definition) is 1. The summed E-state index contributed by atoms with van der Waals surface area (Å²) in [5, 5.41) is 7.68. The molecule has 0 aliphatic carbocycles. The number of nitrogens with one attached hydrogen (secondary N) is 1. The Kier molecular flexibility index (Phi) is 4.52. The normalized spacial score (nSPS) is 16.1. The summed E-state index contributed by atoms with van der Waals surface area (Å²) in [6.07, 6.45) is -0.0296. The van der Waals surface area contributed by atoms with Gasteiger partial charge in [-0.15, -0.1) is 11.6 Å². The number of amides is 2. The Balaban J connectivity index is 2.25. The van der Waals surface area contributed by atoms with Crippen LogP contribution in [0.5, 0.6) is 0 Å². The van der Waals surface area contributed by atoms with Gasteiger partial charge in [-0.2, -0.15) is 10.1 Å². The summed E-state index contributed by atoms with van der Waals surface area (Å²) in [6.45, 7) is 1.53. The SMILES string of the molecule is CC(Cl)C(=O)NC1=NN(c2cc(Cl)ccc2Cl)C(=O)C1. The maximum atomic E-state index is 11.9. The fraction of sp³-hybridized carbons (Fsp3) is 0.250. The van der Waals surface area contributed by atoms with Crippen LogP contribution in [0.25, 0.3) is 0 Å². The third kappa shape index (κ3) is 3.23. The highest BCUT2D eigenvalue weighted by Gasteiger charge is 2.28. The van der Waals surface area contributed by atoms with Gasteiger partial charge in [0, 0.05) is 5.02 Å². The van der Waals surface area contributed by atoms with Crippen LogP contribution in [0.4, 0.5) is 5.69 Å². The molecule has 1 N–H and O–H groups in total. The first-order valence-electron chi connectivity index (χ1n) is 5.69. The molecule has 1 aromatic carbocycles. The van der Waals surface area contributed by atoms with Crippen LogP contribution in [0.3, 0.4) is 0 Å². The molecule has 8 heteroatoms. The summed E-state index contributed by atoms with van der Waals surface area (Å²) >= 11 is 17.5. The average molecular weight is 335 g/mol. The molecule has 0 saturated heterocycles. The summed E-state index contributed by atoms with van der Waals surface area (Å²) in [7, 11) is 0. The van der Waals surface area contributed by atoms with Crippen LogP contribution in [0.2, 0.25) is 10.0 Å². The Labute approximate surface area is 130 Å². The molecule has 20 heavy (non-hydrogen) atoms. The zero-order valence-electron chi connectivity index (χ0n) is 10.4. The Morgan fingerprint density at radius 1 is 1.45 bits per heavy atom. The van der Waals surface area contributed by atoms with Gasteiger partial charge in [0.25, 0.3) is 5.91 Å². The highest BCUT2D eigenvalue weighted by molar-refractivity contribution is 6.36. The van der Waals surface area contributed by atoms with E-state index in [0.717, 1.165) is 5.01 Å². The first-order valence-corrected chi connectivity index (χ1v) is 6.88. The van der Waals surface area contributed by atoms with E-state index in [0.29, 0.717) is 15.7 Å². The van der Waals surface area contributed by atoms with E-state index in [9.17, 15) is 9.59 Å². The second-order valence-corrected chi connectivity index (χ2v) is 5.63. The molecule has 106 valence electrons. The average Bonchev–Trinajstić information content (AvgIpc) is 2.73. The molecule has 1 aliphatic rings. The number of hydrazone groups is 1. The van der Waals surface area contributed by atoms with E-state index < -0.39 is 11.3 Å². The molecule has 1 aliphatic heterocycles. The molecule has 1 unspecified atom stereocenters. The molecule has 2 amide bonds. The Morgan fingerprint density at radius 2 is 2.15 bits per heavy atom. The van der Waals surface area contributed by atoms with E-state index >= 15 is 0 Å². The van der Waals surface area contributed by atoms with Crippen LogP contribution in [0.1, 0.15) is 13.3 Å². The van der Waals surface area contributed by atoms with Gasteiger partial charge in [0.2, 0.25) is 5.91 Å². The number of rotatable bonds is 2. The van der Waals surface area contributed by atoms with E-state index in [4.69, 9.17) is 34.8 Å². The quantitative estimate of drug-likeness (QED) is 0.845. The maximum Gasteiger partial charge on any atom is 0.255 e. The Hall–Kier alpha value is -1.30. The van der Waals surface area contributed by atoms with E-state index in [-0.39, 0.29) is 18.2 Å². The number of amidine groups is 1. The molecule has 1 atom stereocenters. The summed E-state index contributed by atoms with van der Waals surface area (Å²) in [5.74, 6) is -0.507. The van der Waals surface area contributed by atoms with Crippen molar-refractivity contribution in [2.24, 2.45) is 5.10 Å². The van der Waals surface area contributed by atoms with Gasteiger partial charge in [0.15, 0.2) is 0 Å². The van der Waals surface area contributed by atoms with E-state index in [2.05, 4.69) is 10.4 Å². The minimum Gasteiger partial charge on any atom is -0.311 e. The largest absolute Gasteiger partial charge is 0.311 e. The zero-order chi connectivity index (χ0) is 14.9. The highest BCUT2D eigenvalue weighted by Crippen LogP contribution is 2.31. The number of carbonyl (C=O) groups is 2. The van der Waals surface area contributed by atoms with E-state index in [1.165, 1.54) is 13.0 Å². The molecular formula is C12H10Cl3N3O2. The van der Waals surface area contributed by atoms with E-state index in [1.54, 1.807) is 12.1 Å². The number of carbonyl (C=O) groups excluding carboxylic acids is 2. The molecule has 0 radical (unpaired) electrons. The number of benzene rings is 1. The molecule has 2 rings (SSSR count). The molecular weight excluding hydrogens is 325 g/mol. The lowest BCUT2D eigenvalue weighted by molar-refractivity contribution is -0.119. The molecule has 0 aromatic heterocycles. The lowest BCUT2D eigenvalue weighted by Gasteiger charge is -2.13. The molecule has 0 spiro atoms. The van der Waals surface area contributed by atoms with E-state index in [1.807, 2.05) is 0 Å². The topological polar surface area (TPSA) is 61.8 Å². The third-order valence-electron chi connectivity index (χ3n) is 2.54. The minimum absolute atomic E-state index is 0.0296. The monoisotopic (exact) mass is 333 g/mol. The van der Waals surface area contributed by atoms with Crippen molar-refractivity contribution in [1.29, 1.82) is 0 Å². The Morgan fingerprint density at radius 3 is 2.80 bits per heavy atom. The number of alkyl halides is 1. The van der Waals surface area contributed by atoms with Gasteiger partial charge < -0.3 is 5.32 Å². The lowest BCUT2D eigenvalue weighted by atomic mass is 10.3. The fourth-order valence-electron chi connectivity index (χ4n) is 1.58. The van der Waals surface area contributed by atoms with Crippen molar-refractivity contribution in [3.05, 3.63) is 28.2 Å². The van der Waals surface area contributed by atoms with Crippen molar-refractivity contribution in [3.63, 3.8) is 0 Å². The predicted octanol–water partition coefficient (Wildman–Crippen LogP) is 2.79. The van der Waals surface area contributed by atoms with Gasteiger partial charge in [0.1, 0.15) is 11.2 Å². The van der Waals surface area contributed by atoms with Crippen molar-refractivity contribution in [2.45, 2.75) is 18.7 Å². The molecule has 1 heterocycles. The summed E-state index contributed by atoms with van der Waals surface area (Å²) in [5.41, 5.74) is 0.368. The first kappa shape index (κ1) is 15.1. The second-order valence-electron chi connectivity index (χ2n) is 4.13. The predicted molar refractivity (Wildman–Crippen MR) is 79.5 cm³/mol. The van der Waals surface area contributed by atoms with Crippen LogP contribution in [-0.4, -0.2) is 23.0 Å². The number of nitrogens with zero attached hydrogens (tertiary/aromatic N) is 2. The standard InChI is InChI=1S/C12H10Cl3N3O2/c1-6(13)12(20)16-10-5-11(19)18(17-10)9-4-7(14)2-3-8(9)15/h2-4,6H,5H2,1H3,(H,16,17,20). The van der Waals surface area contributed by atoms with Crippen molar-refractivity contribution in [1.82, 2.24) is 5.32 Å². The van der Waals surface area contributed by atoms with Crippen LogP contribution >= 0.6 is 34.8 Å². The van der Waals surface area contributed by atoms with Gasteiger partial charge in [-0.3, -0.25) is 9.59 Å². The Bertz CT molecular complexity index is 602. The summed E-state index contributed by atoms with van der Waals surface area (Å²) in [4.78, 5) is 23.4. The first-order chi connectivity index (χ1) is 9.38. The zero-order valence-corrected chi connectivity index (χ0v) is 12.6. The number of halogens is 3. The molecule has 5 nitrogen and oxygen atoms in total. The van der Waals surface area contributed by atoms with Crippen LogP contribution < -0.4 is 10.3 Å². The smallest absolute Gasteiger partial charge is 0.255 e. The van der Waals surface area contributed by atoms with Crippen molar-refractivity contribution in [2.75, 3.05) is 5.01 Å². The number of hydrogen-bond acceptors (Lipinski definition) is 3. The molecule has 0 bridgehead atoms. The minimum atomic E-state index is -0.711. The van der Waals surface area contributed by atoms with Crippen LogP contribution in [-0.2, 0) is 9.59 Å². The van der Waals surface area contributed by atoms with Crippen molar-refractivity contribution >= 4 is 58.1 Å². The van der Waals surface area contributed by atoms with Crippen LogP contribution in [0, 0.1) is 0 Å². The second kappa shape index (κ2) is 5.99. The van der Waals surface area contributed by atoms with Gasteiger partial charge in [-0.1, -0.05) is 23.2 Å². The van der Waals surface area contributed by atoms with Gasteiger partial charge in [-0.25, -0.2) is 0 Å². The molecule has 0 saturated carbocycles. The summed E-state index contributed by atoms with van der Waals surface area (Å²) in [6, 6.07) is 4.70. The van der Waals surface area contributed by atoms with Gasteiger partial charge in [0.05, 0.1) is 17.1 Å². The number of anilines is 1. The van der Waals surface area contributed by atoms with Crippen LogP contribution in [0.15, 0.2) is 23.3 Å². The van der Waals surface area contributed by atoms with Gasteiger partial charge in [-0.05, 0) is 25.1 Å². The fourth-order valence-corrected chi connectivity index (χ4v) is 2.00. The van der Waals surface area contributed by atoms with Crippen molar-refractivity contribution < 1.29 is 9.59 Å². The summed E-state index contributed by atoms with van der Waals surface area (Å²) < 4.78 is 0. The third-order valence-corrected chi connectivity index (χ3v) is 3.29. The van der Waals surface area contributed by atoms with Crippen molar-refractivity contribution in [3.8, 4) is 0 Å². The maximum absolute atomic E-state index is 11.9. The lowest BCUT2D eigenvalue weighted by Crippen LogP contribution is -2.34. The highest BCUT2D eigenvalue weighted by atomic mass is 35.5. The molecule has 0 fully saturated rings.